The third-order valence-corrected chi connectivity index (χ3v) is 2.51. The number of aromatic nitrogens is 2. The molecule has 0 radical (unpaired) electrons. The smallest absolute Gasteiger partial charge is 0.326 e. The lowest BCUT2D eigenvalue weighted by atomic mass is 10.0. The number of hydrogen-bond acceptors (Lipinski definition) is 8. The van der Waals surface area contributed by atoms with Crippen molar-refractivity contribution in [1.82, 2.24) is 9.97 Å². The monoisotopic (exact) mass is 298 g/mol. The molecule has 8 heteroatoms. The standard InChI is InChI=1S/C13H18N2O6/c1-5-20-12(16)8(13(17)21-6-2)9-10(18-3)11(19-4)15-7-14-9/h7-8H,5-6H2,1-4H3. The fourth-order valence-corrected chi connectivity index (χ4v) is 1.68. The van der Waals surface area contributed by atoms with Crippen LogP contribution in [0.15, 0.2) is 6.33 Å². The van der Waals surface area contributed by atoms with Gasteiger partial charge >= 0.3 is 11.9 Å². The first-order valence-corrected chi connectivity index (χ1v) is 6.36. The van der Waals surface area contributed by atoms with Crippen molar-refractivity contribution in [2.24, 2.45) is 0 Å². The zero-order valence-corrected chi connectivity index (χ0v) is 12.4. The minimum Gasteiger partial charge on any atom is -0.490 e. The number of hydrogen-bond donors (Lipinski definition) is 0. The molecule has 0 aliphatic rings. The van der Waals surface area contributed by atoms with E-state index in [2.05, 4.69) is 9.97 Å². The highest BCUT2D eigenvalue weighted by atomic mass is 16.6. The van der Waals surface area contributed by atoms with Gasteiger partial charge in [-0.05, 0) is 13.8 Å². The van der Waals surface area contributed by atoms with E-state index >= 15 is 0 Å². The minimum absolute atomic E-state index is 0.0428. The van der Waals surface area contributed by atoms with E-state index in [-0.39, 0.29) is 30.5 Å². The molecule has 0 fully saturated rings. The normalized spacial score (nSPS) is 10.1. The minimum atomic E-state index is -1.35. The topological polar surface area (TPSA) is 96.8 Å². The van der Waals surface area contributed by atoms with Crippen molar-refractivity contribution >= 4 is 11.9 Å². The molecule has 0 aliphatic heterocycles. The SMILES string of the molecule is CCOC(=O)C(C(=O)OCC)c1ncnc(OC)c1OC. The van der Waals surface area contributed by atoms with E-state index in [0.29, 0.717) is 0 Å². The van der Waals surface area contributed by atoms with Gasteiger partial charge in [-0.1, -0.05) is 0 Å². The highest BCUT2D eigenvalue weighted by Crippen LogP contribution is 2.33. The van der Waals surface area contributed by atoms with Gasteiger partial charge in [0.2, 0.25) is 5.75 Å². The summed E-state index contributed by atoms with van der Waals surface area (Å²) in [6.07, 6.45) is 1.17. The third kappa shape index (κ3) is 3.80. The van der Waals surface area contributed by atoms with Crippen LogP contribution in [0.5, 0.6) is 11.6 Å². The molecule has 0 bridgehead atoms. The lowest BCUT2D eigenvalue weighted by molar-refractivity contribution is -0.157. The average Bonchev–Trinajstić information content (AvgIpc) is 2.47. The molecule has 8 nitrogen and oxygen atoms in total. The zero-order valence-electron chi connectivity index (χ0n) is 12.4. The molecule has 0 aliphatic carbocycles. The van der Waals surface area contributed by atoms with Gasteiger partial charge < -0.3 is 18.9 Å². The van der Waals surface area contributed by atoms with Crippen molar-refractivity contribution in [3.8, 4) is 11.6 Å². The first-order valence-electron chi connectivity index (χ1n) is 6.36. The van der Waals surface area contributed by atoms with Gasteiger partial charge in [0.1, 0.15) is 12.0 Å². The van der Waals surface area contributed by atoms with Crippen LogP contribution in [0.2, 0.25) is 0 Å². The second kappa shape index (κ2) is 8.03. The predicted molar refractivity (Wildman–Crippen MR) is 71.1 cm³/mol. The number of rotatable bonds is 7. The van der Waals surface area contributed by atoms with Crippen LogP contribution >= 0.6 is 0 Å². The summed E-state index contributed by atoms with van der Waals surface area (Å²) in [4.78, 5) is 31.9. The van der Waals surface area contributed by atoms with Crippen molar-refractivity contribution in [3.63, 3.8) is 0 Å². The number of ether oxygens (including phenoxy) is 4. The molecule has 0 amide bonds. The lowest BCUT2D eigenvalue weighted by Gasteiger charge is -2.17. The van der Waals surface area contributed by atoms with Crippen LogP contribution < -0.4 is 9.47 Å². The zero-order chi connectivity index (χ0) is 15.8. The van der Waals surface area contributed by atoms with Crippen molar-refractivity contribution in [3.05, 3.63) is 12.0 Å². The Balaban J connectivity index is 3.31. The van der Waals surface area contributed by atoms with Crippen molar-refractivity contribution in [2.75, 3.05) is 27.4 Å². The summed E-state index contributed by atoms with van der Waals surface area (Å²) < 4.78 is 20.0. The van der Waals surface area contributed by atoms with Crippen molar-refractivity contribution in [2.45, 2.75) is 19.8 Å². The summed E-state index contributed by atoms with van der Waals surface area (Å²) in [6, 6.07) is 0. The Labute approximate surface area is 122 Å². The molecule has 0 atom stereocenters. The first-order chi connectivity index (χ1) is 10.1. The molecule has 0 spiro atoms. The largest absolute Gasteiger partial charge is 0.490 e. The molecule has 1 heterocycles. The van der Waals surface area contributed by atoms with Gasteiger partial charge in [-0.3, -0.25) is 9.59 Å². The van der Waals surface area contributed by atoms with E-state index in [0.717, 1.165) is 0 Å². The molecule has 0 saturated heterocycles. The number of nitrogens with zero attached hydrogens (tertiary/aromatic N) is 2. The van der Waals surface area contributed by atoms with E-state index < -0.39 is 17.9 Å². The maximum atomic E-state index is 12.0. The Morgan fingerprint density at radius 1 is 1.05 bits per heavy atom. The molecule has 1 aromatic rings. The van der Waals surface area contributed by atoms with Gasteiger partial charge in [0.25, 0.3) is 5.88 Å². The van der Waals surface area contributed by atoms with Gasteiger partial charge in [-0.2, -0.15) is 4.98 Å². The number of methoxy groups -OCH3 is 2. The average molecular weight is 298 g/mol. The van der Waals surface area contributed by atoms with Crippen LogP contribution in [0.1, 0.15) is 25.5 Å². The second-order valence-electron chi connectivity index (χ2n) is 3.74. The molecule has 0 aromatic carbocycles. The van der Waals surface area contributed by atoms with E-state index in [1.807, 2.05) is 0 Å². The quantitative estimate of drug-likeness (QED) is 0.536. The Morgan fingerprint density at radius 3 is 2.05 bits per heavy atom. The fraction of sp³-hybridized carbons (Fsp3) is 0.538. The highest BCUT2D eigenvalue weighted by Gasteiger charge is 2.36. The van der Waals surface area contributed by atoms with Crippen LogP contribution in [0, 0.1) is 0 Å². The number of carbonyl (C=O) groups excluding carboxylic acids is 2. The van der Waals surface area contributed by atoms with E-state index in [1.54, 1.807) is 13.8 Å². The molecular weight excluding hydrogens is 280 g/mol. The Morgan fingerprint density at radius 2 is 1.62 bits per heavy atom. The van der Waals surface area contributed by atoms with Crippen LogP contribution in [0.25, 0.3) is 0 Å². The highest BCUT2D eigenvalue weighted by molar-refractivity contribution is 6.01. The molecule has 0 saturated carbocycles. The molecule has 21 heavy (non-hydrogen) atoms. The van der Waals surface area contributed by atoms with Crippen molar-refractivity contribution in [1.29, 1.82) is 0 Å². The summed E-state index contributed by atoms with van der Waals surface area (Å²) in [5, 5.41) is 0. The molecule has 116 valence electrons. The lowest BCUT2D eigenvalue weighted by Crippen LogP contribution is -2.27. The predicted octanol–water partition coefficient (Wildman–Crippen LogP) is 0.704. The molecule has 0 unspecified atom stereocenters. The summed E-state index contributed by atoms with van der Waals surface area (Å²) in [5.41, 5.74) is 0.0428. The molecule has 1 rings (SSSR count). The summed E-state index contributed by atoms with van der Waals surface area (Å²) in [7, 11) is 2.75. The number of esters is 2. The molecule has 1 aromatic heterocycles. The van der Waals surface area contributed by atoms with Crippen LogP contribution in [0.4, 0.5) is 0 Å². The summed E-state index contributed by atoms with van der Waals surface area (Å²) >= 11 is 0. The maximum absolute atomic E-state index is 12.0. The Bertz CT molecular complexity index is 487. The van der Waals surface area contributed by atoms with E-state index in [4.69, 9.17) is 18.9 Å². The first kappa shape index (κ1) is 16.7. The van der Waals surface area contributed by atoms with E-state index in [9.17, 15) is 9.59 Å². The van der Waals surface area contributed by atoms with E-state index in [1.165, 1.54) is 20.5 Å². The molecule has 0 N–H and O–H groups in total. The third-order valence-electron chi connectivity index (χ3n) is 2.51. The van der Waals surface area contributed by atoms with Gasteiger partial charge in [-0.25, -0.2) is 4.98 Å². The van der Waals surface area contributed by atoms with Crippen molar-refractivity contribution < 1.29 is 28.5 Å². The van der Waals surface area contributed by atoms with Gasteiger partial charge in [0, 0.05) is 0 Å². The van der Waals surface area contributed by atoms with Gasteiger partial charge in [0.15, 0.2) is 5.92 Å². The van der Waals surface area contributed by atoms with Crippen LogP contribution in [-0.2, 0) is 19.1 Å². The summed E-state index contributed by atoms with van der Waals surface area (Å²) in [5.74, 6) is -2.69. The number of carbonyl (C=O) groups is 2. The van der Waals surface area contributed by atoms with Gasteiger partial charge in [-0.15, -0.1) is 0 Å². The summed E-state index contributed by atoms with van der Waals surface area (Å²) in [6.45, 7) is 3.52. The Kier molecular flexibility index (Phi) is 6.38. The Hall–Kier alpha value is -2.38. The fourth-order valence-electron chi connectivity index (χ4n) is 1.68. The molecular formula is C13H18N2O6. The van der Waals surface area contributed by atoms with Crippen LogP contribution in [-0.4, -0.2) is 49.3 Å². The van der Waals surface area contributed by atoms with Crippen LogP contribution in [0.3, 0.4) is 0 Å². The second-order valence-corrected chi connectivity index (χ2v) is 3.74. The van der Waals surface area contributed by atoms with Gasteiger partial charge in [0.05, 0.1) is 27.4 Å². The maximum Gasteiger partial charge on any atom is 0.326 e.